The van der Waals surface area contributed by atoms with Crippen molar-refractivity contribution in [3.8, 4) is 5.75 Å². The number of amides is 2. The van der Waals surface area contributed by atoms with Crippen LogP contribution < -0.4 is 0 Å². The lowest BCUT2D eigenvalue weighted by atomic mass is 9.44. The van der Waals surface area contributed by atoms with Crippen molar-refractivity contribution in [2.24, 2.45) is 23.7 Å². The van der Waals surface area contributed by atoms with Gasteiger partial charge in [0.2, 0.25) is 11.8 Å². The van der Waals surface area contributed by atoms with Gasteiger partial charge in [0.25, 0.3) is 0 Å². The van der Waals surface area contributed by atoms with E-state index in [0.29, 0.717) is 34.2 Å². The lowest BCUT2D eigenvalue weighted by Gasteiger charge is -2.55. The summed E-state index contributed by atoms with van der Waals surface area (Å²) in [5, 5.41) is 13.6. The topological polar surface area (TPSA) is 91.8 Å². The number of likely N-dealkylation sites (tertiary alicyclic amines) is 1. The first-order valence-corrected chi connectivity index (χ1v) is 17.0. The summed E-state index contributed by atoms with van der Waals surface area (Å²) in [6.45, 7) is 2.04. The number of hydrogen-bond acceptors (Lipinski definition) is 6. The number of aromatic hydroxyl groups is 1. The summed E-state index contributed by atoms with van der Waals surface area (Å²) in [5.74, 6) is -3.92. The number of nitrogens with zero attached hydrogens (tertiary/aromatic N) is 1. The number of ketones is 2. The fourth-order valence-corrected chi connectivity index (χ4v) is 9.61. The zero-order valence-corrected chi connectivity index (χ0v) is 26.7. The molecule has 1 N–H and O–H groups in total. The molecule has 1 saturated heterocycles. The molecule has 2 heterocycles. The molecule has 7 heteroatoms. The Morgan fingerprint density at radius 1 is 0.851 bits per heavy atom. The van der Waals surface area contributed by atoms with Gasteiger partial charge in [-0.05, 0) is 59.9 Å². The minimum absolute atomic E-state index is 0.0708. The summed E-state index contributed by atoms with van der Waals surface area (Å²) in [4.78, 5) is 60.4. The molecule has 4 aromatic rings. The summed E-state index contributed by atoms with van der Waals surface area (Å²) in [6, 6.07) is 28.0. The second kappa shape index (κ2) is 11.1. The van der Waals surface area contributed by atoms with Crippen molar-refractivity contribution in [2.45, 2.75) is 37.6 Å². The number of allylic oxidation sites excluding steroid dienone is 4. The molecule has 2 amide bonds. The molecule has 1 aliphatic heterocycles. The van der Waals surface area contributed by atoms with E-state index in [9.17, 15) is 19.5 Å². The summed E-state index contributed by atoms with van der Waals surface area (Å²) < 4.78 is 0. The molecule has 0 spiro atoms. The van der Waals surface area contributed by atoms with Gasteiger partial charge in [0.15, 0.2) is 11.6 Å². The number of benzene rings is 3. The third-order valence-corrected chi connectivity index (χ3v) is 11.8. The van der Waals surface area contributed by atoms with Gasteiger partial charge in [-0.2, -0.15) is 0 Å². The Balaban J connectivity index is 1.36. The van der Waals surface area contributed by atoms with E-state index in [1.54, 1.807) is 0 Å². The van der Waals surface area contributed by atoms with E-state index in [4.69, 9.17) is 0 Å². The molecular weight excluding hydrogens is 607 g/mol. The summed E-state index contributed by atoms with van der Waals surface area (Å²) in [5.41, 5.74) is 2.42. The fraction of sp³-hybridized carbons (Fsp3) is 0.250. The molecule has 234 valence electrons. The zero-order chi connectivity index (χ0) is 32.4. The van der Waals surface area contributed by atoms with E-state index in [0.717, 1.165) is 10.5 Å². The van der Waals surface area contributed by atoms with Crippen molar-refractivity contribution in [3.05, 3.63) is 141 Å². The number of carbonyl (C=O) groups excluding carboxylic acids is 4. The van der Waals surface area contributed by atoms with Gasteiger partial charge in [0.1, 0.15) is 5.75 Å². The molecule has 2 fully saturated rings. The molecule has 8 rings (SSSR count). The molecule has 0 bridgehead atoms. The number of thiophene rings is 1. The molecule has 0 radical (unpaired) electrons. The first-order chi connectivity index (χ1) is 22.8. The molecule has 6 nitrogen and oxygen atoms in total. The quantitative estimate of drug-likeness (QED) is 0.192. The van der Waals surface area contributed by atoms with Gasteiger partial charge < -0.3 is 5.11 Å². The fourth-order valence-electron chi connectivity index (χ4n) is 8.91. The van der Waals surface area contributed by atoms with E-state index in [-0.39, 0.29) is 42.1 Å². The van der Waals surface area contributed by atoms with Gasteiger partial charge in [-0.1, -0.05) is 96.6 Å². The second-order valence-electron chi connectivity index (χ2n) is 13.1. The normalized spacial score (nSPS) is 28.4. The predicted molar refractivity (Wildman–Crippen MR) is 179 cm³/mol. The SMILES string of the molecule is Cc1cccc([C@H]2C3=CC[C@@H]4C(=O)N(Cc5cccs5)C(=O)[C@@H]4[C@@H]3C[C@H]3C(=O)C(c4ccccc4)=CC(=O)[C@@]23c2ccccc2)c1O. The van der Waals surface area contributed by atoms with Gasteiger partial charge in [-0.15, -0.1) is 11.3 Å². The summed E-state index contributed by atoms with van der Waals surface area (Å²) in [6.07, 6.45) is 4.13. The van der Waals surface area contributed by atoms with Crippen molar-refractivity contribution in [2.75, 3.05) is 0 Å². The lowest BCUT2D eigenvalue weighted by molar-refractivity contribution is -0.141. The molecule has 3 aromatic carbocycles. The molecule has 1 saturated carbocycles. The molecule has 0 unspecified atom stereocenters. The Morgan fingerprint density at radius 2 is 1.60 bits per heavy atom. The highest BCUT2D eigenvalue weighted by atomic mass is 32.1. The Morgan fingerprint density at radius 3 is 2.32 bits per heavy atom. The molecule has 3 aliphatic carbocycles. The average Bonchev–Trinajstić information content (AvgIpc) is 3.70. The van der Waals surface area contributed by atoms with Crippen LogP contribution in [0.4, 0.5) is 0 Å². The van der Waals surface area contributed by atoms with Crippen LogP contribution in [-0.2, 0) is 31.1 Å². The van der Waals surface area contributed by atoms with Crippen molar-refractivity contribution in [1.29, 1.82) is 0 Å². The third-order valence-electron chi connectivity index (χ3n) is 10.9. The largest absolute Gasteiger partial charge is 0.507 e. The number of imide groups is 1. The number of phenols is 1. The van der Waals surface area contributed by atoms with Crippen LogP contribution >= 0.6 is 11.3 Å². The number of phenolic OH excluding ortho intramolecular Hbond substituents is 1. The Hall–Kier alpha value is -4.88. The maximum Gasteiger partial charge on any atom is 0.234 e. The van der Waals surface area contributed by atoms with Crippen LogP contribution in [0.2, 0.25) is 0 Å². The van der Waals surface area contributed by atoms with Crippen molar-refractivity contribution < 1.29 is 24.3 Å². The van der Waals surface area contributed by atoms with E-state index < -0.39 is 35.0 Å². The monoisotopic (exact) mass is 639 g/mol. The number of aryl methyl sites for hydroxylation is 1. The van der Waals surface area contributed by atoms with Crippen LogP contribution in [0.15, 0.2) is 114 Å². The summed E-state index contributed by atoms with van der Waals surface area (Å²) >= 11 is 1.51. The van der Waals surface area contributed by atoms with Crippen LogP contribution in [0, 0.1) is 30.6 Å². The maximum absolute atomic E-state index is 15.0. The minimum Gasteiger partial charge on any atom is -0.507 e. The van der Waals surface area contributed by atoms with Gasteiger partial charge in [0, 0.05) is 27.8 Å². The number of hydrogen-bond donors (Lipinski definition) is 1. The van der Waals surface area contributed by atoms with Crippen LogP contribution in [0.25, 0.3) is 5.57 Å². The van der Waals surface area contributed by atoms with Gasteiger partial charge >= 0.3 is 0 Å². The minimum atomic E-state index is -1.36. The van der Waals surface area contributed by atoms with Crippen LogP contribution in [0.3, 0.4) is 0 Å². The Kier molecular flexibility index (Phi) is 6.99. The second-order valence-corrected chi connectivity index (χ2v) is 14.2. The van der Waals surface area contributed by atoms with Crippen molar-refractivity contribution in [1.82, 2.24) is 4.90 Å². The van der Waals surface area contributed by atoms with E-state index >= 15 is 4.79 Å². The van der Waals surface area contributed by atoms with E-state index in [1.807, 2.05) is 109 Å². The van der Waals surface area contributed by atoms with E-state index in [2.05, 4.69) is 0 Å². The molecule has 6 atom stereocenters. The molecule has 4 aliphatic rings. The highest BCUT2D eigenvalue weighted by Crippen LogP contribution is 2.64. The van der Waals surface area contributed by atoms with Gasteiger partial charge in [-0.3, -0.25) is 24.1 Å². The zero-order valence-electron chi connectivity index (χ0n) is 25.8. The van der Waals surface area contributed by atoms with E-state index in [1.165, 1.54) is 22.3 Å². The smallest absolute Gasteiger partial charge is 0.234 e. The number of Topliss-reactive ketones (excluding diaryl/α,β-unsaturated/α-hetero) is 1. The highest BCUT2D eigenvalue weighted by molar-refractivity contribution is 7.09. The number of rotatable bonds is 5. The van der Waals surface area contributed by atoms with Crippen LogP contribution in [0.5, 0.6) is 5.75 Å². The van der Waals surface area contributed by atoms with Crippen molar-refractivity contribution >= 4 is 40.3 Å². The molecule has 47 heavy (non-hydrogen) atoms. The predicted octanol–water partition coefficient (Wildman–Crippen LogP) is 6.79. The Bertz CT molecular complexity index is 2000. The third kappa shape index (κ3) is 4.29. The highest BCUT2D eigenvalue weighted by Gasteiger charge is 2.66. The Labute approximate surface area is 277 Å². The molecular formula is C40H33NO5S. The number of carbonyl (C=O) groups is 4. The average molecular weight is 640 g/mol. The summed E-state index contributed by atoms with van der Waals surface area (Å²) in [7, 11) is 0. The standard InChI is InChI=1S/C40H33NO5S/c1-23-10-8-16-29(36(23)43)35-27-17-18-28-34(39(46)41(38(28)45)22-26-15-9-19-47-26)31(27)20-32-37(44)30(24-11-4-2-5-12-24)21-33(42)40(32,35)25-13-6-3-7-14-25/h2-17,19,21,28,31-32,34-35,43H,18,20,22H2,1H3/t28-,31+,32-,34-,35+,40-/m0/s1. The number of fused-ring (bicyclic) bond motifs is 4. The van der Waals surface area contributed by atoms with Gasteiger partial charge in [-0.25, -0.2) is 0 Å². The lowest BCUT2D eigenvalue weighted by Crippen LogP contribution is -2.58. The van der Waals surface area contributed by atoms with Gasteiger partial charge in [0.05, 0.1) is 23.8 Å². The van der Waals surface area contributed by atoms with Crippen LogP contribution in [-0.4, -0.2) is 33.4 Å². The maximum atomic E-state index is 15.0. The van der Waals surface area contributed by atoms with Crippen molar-refractivity contribution in [3.63, 3.8) is 0 Å². The molecule has 1 aromatic heterocycles. The first kappa shape index (κ1) is 29.5. The first-order valence-electron chi connectivity index (χ1n) is 16.1. The number of para-hydroxylation sites is 1. The van der Waals surface area contributed by atoms with Crippen LogP contribution in [0.1, 0.15) is 45.9 Å².